The van der Waals surface area contributed by atoms with Crippen molar-refractivity contribution in [2.45, 2.75) is 43.7 Å². The van der Waals surface area contributed by atoms with Gasteiger partial charge in [0.15, 0.2) is 0 Å². The minimum atomic E-state index is 0. The van der Waals surface area contributed by atoms with Crippen molar-refractivity contribution in [3.63, 3.8) is 0 Å². The summed E-state index contributed by atoms with van der Waals surface area (Å²) >= 11 is 0. The average Bonchev–Trinajstić information content (AvgIpc) is 2.83. The fraction of sp³-hybridized carbons (Fsp3) is 0.571. The van der Waals surface area contributed by atoms with Crippen molar-refractivity contribution in [2.75, 3.05) is 0 Å². The fourth-order valence-corrected chi connectivity index (χ4v) is 4.11. The lowest BCUT2D eigenvalue weighted by Gasteiger charge is -2.33. The first-order valence-corrected chi connectivity index (χ1v) is 6.25. The molecular weight excluding hydrogens is 218 g/mol. The maximum atomic E-state index is 3.80. The number of rotatable bonds is 0. The van der Waals surface area contributed by atoms with Gasteiger partial charge in [-0.3, -0.25) is 0 Å². The molecule has 3 aliphatic rings. The highest BCUT2D eigenvalue weighted by Crippen LogP contribution is 2.48. The molecule has 86 valence electrons. The molecule has 1 aromatic rings. The van der Waals surface area contributed by atoms with Crippen molar-refractivity contribution in [1.82, 2.24) is 5.32 Å². The highest BCUT2D eigenvalue weighted by molar-refractivity contribution is 5.85. The van der Waals surface area contributed by atoms with Crippen LogP contribution >= 0.6 is 12.4 Å². The van der Waals surface area contributed by atoms with Crippen LogP contribution in [-0.2, 0) is 6.42 Å². The molecule has 1 N–H and O–H groups in total. The molecule has 2 heteroatoms. The molecule has 0 spiro atoms. The predicted octanol–water partition coefficient (Wildman–Crippen LogP) is 2.89. The van der Waals surface area contributed by atoms with E-state index in [2.05, 4.69) is 29.6 Å². The number of fused-ring (bicyclic) bond motifs is 6. The number of halogens is 1. The van der Waals surface area contributed by atoms with Crippen molar-refractivity contribution in [2.24, 2.45) is 5.92 Å². The predicted molar refractivity (Wildman–Crippen MR) is 68.2 cm³/mol. The molecule has 0 radical (unpaired) electrons. The molecule has 16 heavy (non-hydrogen) atoms. The molecule has 2 fully saturated rings. The van der Waals surface area contributed by atoms with Crippen molar-refractivity contribution >= 4 is 12.4 Å². The molecule has 2 bridgehead atoms. The number of piperidine rings is 1. The maximum Gasteiger partial charge on any atom is 0.0107 e. The van der Waals surface area contributed by atoms with E-state index in [4.69, 9.17) is 0 Å². The minimum absolute atomic E-state index is 0. The van der Waals surface area contributed by atoms with Gasteiger partial charge in [-0.05, 0) is 48.6 Å². The molecule has 4 atom stereocenters. The molecule has 1 aliphatic carbocycles. The lowest BCUT2D eigenvalue weighted by atomic mass is 9.82. The van der Waals surface area contributed by atoms with Gasteiger partial charge in [-0.25, -0.2) is 0 Å². The van der Waals surface area contributed by atoms with Crippen molar-refractivity contribution < 1.29 is 0 Å². The van der Waals surface area contributed by atoms with Crippen LogP contribution < -0.4 is 5.32 Å². The lowest BCUT2D eigenvalue weighted by molar-refractivity contribution is 0.268. The fourth-order valence-electron chi connectivity index (χ4n) is 4.11. The van der Waals surface area contributed by atoms with E-state index in [0.717, 1.165) is 23.9 Å². The third-order valence-electron chi connectivity index (χ3n) is 4.76. The van der Waals surface area contributed by atoms with E-state index >= 15 is 0 Å². The van der Waals surface area contributed by atoms with Gasteiger partial charge in [0, 0.05) is 12.1 Å². The van der Waals surface area contributed by atoms with Crippen LogP contribution in [0.3, 0.4) is 0 Å². The van der Waals surface area contributed by atoms with Crippen molar-refractivity contribution in [3.05, 3.63) is 35.4 Å². The van der Waals surface area contributed by atoms with Crippen LogP contribution in [0.4, 0.5) is 0 Å². The maximum absolute atomic E-state index is 3.80. The van der Waals surface area contributed by atoms with E-state index in [-0.39, 0.29) is 12.4 Å². The quantitative estimate of drug-likeness (QED) is 0.729. The van der Waals surface area contributed by atoms with Crippen LogP contribution in [0, 0.1) is 5.92 Å². The number of hydrogen-bond acceptors (Lipinski definition) is 1. The molecule has 4 rings (SSSR count). The van der Waals surface area contributed by atoms with Gasteiger partial charge >= 0.3 is 0 Å². The molecule has 2 unspecified atom stereocenters. The molecule has 0 amide bonds. The highest BCUT2D eigenvalue weighted by Gasteiger charge is 2.45. The monoisotopic (exact) mass is 235 g/mol. The van der Waals surface area contributed by atoms with Gasteiger partial charge < -0.3 is 5.32 Å². The third-order valence-corrected chi connectivity index (χ3v) is 4.76. The van der Waals surface area contributed by atoms with Crippen LogP contribution in [-0.4, -0.2) is 12.1 Å². The van der Waals surface area contributed by atoms with Crippen LogP contribution in [0.2, 0.25) is 0 Å². The summed E-state index contributed by atoms with van der Waals surface area (Å²) < 4.78 is 0. The summed E-state index contributed by atoms with van der Waals surface area (Å²) in [6.07, 6.45) is 5.54. The van der Waals surface area contributed by atoms with Gasteiger partial charge in [0.05, 0.1) is 0 Å². The first-order valence-electron chi connectivity index (χ1n) is 6.25. The summed E-state index contributed by atoms with van der Waals surface area (Å²) in [5.41, 5.74) is 3.29. The van der Waals surface area contributed by atoms with Crippen molar-refractivity contribution in [3.8, 4) is 0 Å². The topological polar surface area (TPSA) is 12.0 Å². The lowest BCUT2D eigenvalue weighted by Crippen LogP contribution is -2.43. The number of benzene rings is 1. The number of hydrogen-bond donors (Lipinski definition) is 1. The summed E-state index contributed by atoms with van der Waals surface area (Å²) in [6.45, 7) is 0. The van der Waals surface area contributed by atoms with E-state index in [9.17, 15) is 0 Å². The summed E-state index contributed by atoms with van der Waals surface area (Å²) in [5, 5.41) is 3.80. The molecule has 0 aromatic heterocycles. The SMILES string of the molecule is Cl.c1ccc2c(c1)C[C@@H]1C3CCC(C[C@H]21)N3. The Bertz CT molecular complexity index is 403. The molecule has 1 nitrogen and oxygen atoms in total. The summed E-state index contributed by atoms with van der Waals surface area (Å²) in [4.78, 5) is 0. The minimum Gasteiger partial charge on any atom is -0.311 e. The normalized spacial score (nSPS) is 38.8. The first kappa shape index (κ1) is 10.6. The van der Waals surface area contributed by atoms with Crippen LogP contribution in [0.5, 0.6) is 0 Å². The Labute approximate surface area is 103 Å². The Hall–Kier alpha value is -0.530. The van der Waals surface area contributed by atoms with Gasteiger partial charge in [0.1, 0.15) is 0 Å². The van der Waals surface area contributed by atoms with Crippen molar-refractivity contribution in [1.29, 1.82) is 0 Å². The summed E-state index contributed by atoms with van der Waals surface area (Å²) in [7, 11) is 0. The molecule has 2 aliphatic heterocycles. The van der Waals surface area contributed by atoms with Gasteiger partial charge in [-0.2, -0.15) is 0 Å². The smallest absolute Gasteiger partial charge is 0.0107 e. The number of nitrogens with one attached hydrogen (secondary N) is 1. The van der Waals surface area contributed by atoms with Gasteiger partial charge in [-0.15, -0.1) is 12.4 Å². The Morgan fingerprint density at radius 3 is 2.94 bits per heavy atom. The zero-order chi connectivity index (χ0) is 9.83. The third kappa shape index (κ3) is 1.34. The summed E-state index contributed by atoms with van der Waals surface area (Å²) in [6, 6.07) is 10.8. The second-order valence-electron chi connectivity index (χ2n) is 5.46. The molecule has 2 saturated heterocycles. The second kappa shape index (κ2) is 3.75. The highest BCUT2D eigenvalue weighted by atomic mass is 35.5. The van der Waals surface area contributed by atoms with Gasteiger partial charge in [-0.1, -0.05) is 24.3 Å². The second-order valence-corrected chi connectivity index (χ2v) is 5.46. The van der Waals surface area contributed by atoms with E-state index < -0.39 is 0 Å². The Kier molecular flexibility index (Phi) is 2.49. The molecule has 1 aromatic carbocycles. The van der Waals surface area contributed by atoms with Gasteiger partial charge in [0.2, 0.25) is 0 Å². The molecular formula is C14H18ClN. The zero-order valence-corrected chi connectivity index (χ0v) is 10.2. The first-order chi connectivity index (χ1) is 7.42. The van der Waals surface area contributed by atoms with E-state index in [1.54, 1.807) is 11.1 Å². The van der Waals surface area contributed by atoms with Crippen LogP contribution in [0.1, 0.15) is 36.3 Å². The van der Waals surface area contributed by atoms with Gasteiger partial charge in [0.25, 0.3) is 0 Å². The average molecular weight is 236 g/mol. The Morgan fingerprint density at radius 2 is 2.00 bits per heavy atom. The molecule has 0 saturated carbocycles. The standard InChI is InChI=1S/C14H17N.ClH/c1-2-4-11-9(3-1)7-13-12(11)8-10-5-6-14(13)15-10;/h1-4,10,12-15H,5-8H2;1H/t10?,12-,13+,14?;/m1./s1. The van der Waals surface area contributed by atoms with Crippen LogP contribution in [0.15, 0.2) is 24.3 Å². The molecule has 2 heterocycles. The largest absolute Gasteiger partial charge is 0.311 e. The zero-order valence-electron chi connectivity index (χ0n) is 9.36. The van der Waals surface area contributed by atoms with Crippen LogP contribution in [0.25, 0.3) is 0 Å². The van der Waals surface area contributed by atoms with E-state index in [1.165, 1.54) is 25.7 Å². The van der Waals surface area contributed by atoms with E-state index in [1.807, 2.05) is 0 Å². The van der Waals surface area contributed by atoms with E-state index in [0.29, 0.717) is 0 Å². The summed E-state index contributed by atoms with van der Waals surface area (Å²) in [5.74, 6) is 1.78. The Balaban J connectivity index is 0.000000810. The Morgan fingerprint density at radius 1 is 1.12 bits per heavy atom.